The van der Waals surface area contributed by atoms with Crippen LogP contribution in [0.25, 0.3) is 0 Å². The molecular formula is C23H37BFNO5. The molecular weight excluding hydrogens is 400 g/mol. The van der Waals surface area contributed by atoms with Crippen molar-refractivity contribution in [2.24, 2.45) is 5.41 Å². The third-order valence-corrected chi connectivity index (χ3v) is 6.26. The van der Waals surface area contributed by atoms with Crippen molar-refractivity contribution < 1.29 is 28.3 Å². The second kappa shape index (κ2) is 9.37. The largest absolute Gasteiger partial charge is 0.497 e. The summed E-state index contributed by atoms with van der Waals surface area (Å²) in [6.45, 7) is 14.5. The predicted octanol–water partition coefficient (Wildman–Crippen LogP) is 4.70. The maximum absolute atomic E-state index is 14.9. The van der Waals surface area contributed by atoms with Crippen LogP contribution in [-0.2, 0) is 9.31 Å². The van der Waals surface area contributed by atoms with Crippen molar-refractivity contribution in [2.75, 3.05) is 13.6 Å². The molecule has 1 aromatic carbocycles. The van der Waals surface area contributed by atoms with Gasteiger partial charge < -0.3 is 24.1 Å². The summed E-state index contributed by atoms with van der Waals surface area (Å²) in [5.74, 6) is 0.0343. The van der Waals surface area contributed by atoms with Crippen molar-refractivity contribution in [1.29, 1.82) is 0 Å². The molecule has 0 bridgehead atoms. The van der Waals surface area contributed by atoms with Crippen LogP contribution >= 0.6 is 0 Å². The van der Waals surface area contributed by atoms with Crippen LogP contribution in [0, 0.1) is 11.2 Å². The van der Waals surface area contributed by atoms with Gasteiger partial charge in [-0.15, -0.1) is 0 Å². The lowest BCUT2D eigenvalue weighted by atomic mass is 9.78. The van der Waals surface area contributed by atoms with Crippen LogP contribution < -0.4 is 10.2 Å². The Bertz CT molecular complexity index is 762. The summed E-state index contributed by atoms with van der Waals surface area (Å²) in [6, 6.07) is 4.80. The summed E-state index contributed by atoms with van der Waals surface area (Å²) < 4.78 is 33.0. The predicted molar refractivity (Wildman–Crippen MR) is 120 cm³/mol. The maximum atomic E-state index is 14.9. The minimum absolute atomic E-state index is 0.135. The smallest absolute Gasteiger partial charge is 0.490 e. The van der Waals surface area contributed by atoms with Gasteiger partial charge in [-0.1, -0.05) is 26.8 Å². The number of benzene rings is 1. The fourth-order valence-corrected chi connectivity index (χ4v) is 3.35. The average Bonchev–Trinajstić information content (AvgIpc) is 2.83. The van der Waals surface area contributed by atoms with Gasteiger partial charge in [-0.2, -0.15) is 0 Å². The molecule has 1 aliphatic heterocycles. The van der Waals surface area contributed by atoms with E-state index in [4.69, 9.17) is 19.2 Å². The van der Waals surface area contributed by atoms with Crippen molar-refractivity contribution in [3.63, 3.8) is 0 Å². The Morgan fingerprint density at radius 2 is 1.77 bits per heavy atom. The van der Waals surface area contributed by atoms with Crippen molar-refractivity contribution in [2.45, 2.75) is 85.0 Å². The molecule has 1 atom stereocenters. The Morgan fingerprint density at radius 3 is 2.26 bits per heavy atom. The van der Waals surface area contributed by atoms with E-state index >= 15 is 0 Å². The molecule has 1 N–H and O–H groups in total. The van der Waals surface area contributed by atoms with E-state index in [1.807, 2.05) is 27.7 Å². The van der Waals surface area contributed by atoms with Crippen LogP contribution in [0.3, 0.4) is 0 Å². The quantitative estimate of drug-likeness (QED) is 0.472. The van der Waals surface area contributed by atoms with Gasteiger partial charge in [-0.25, -0.2) is 9.18 Å². The van der Waals surface area contributed by atoms with E-state index in [0.29, 0.717) is 17.8 Å². The third kappa shape index (κ3) is 6.36. The Labute approximate surface area is 186 Å². The van der Waals surface area contributed by atoms with Crippen LogP contribution in [0.5, 0.6) is 5.75 Å². The molecule has 1 aromatic rings. The molecule has 1 saturated heterocycles. The van der Waals surface area contributed by atoms with E-state index < -0.39 is 30.2 Å². The molecule has 6 nitrogen and oxygen atoms in total. The fourth-order valence-electron chi connectivity index (χ4n) is 3.35. The Hall–Kier alpha value is -1.80. The van der Waals surface area contributed by atoms with E-state index in [1.54, 1.807) is 19.2 Å². The highest BCUT2D eigenvalue weighted by atomic mass is 19.1. The van der Waals surface area contributed by atoms with Crippen LogP contribution in [0.4, 0.5) is 9.18 Å². The highest BCUT2D eigenvalue weighted by Gasteiger charge is 2.52. The average molecular weight is 437 g/mol. The second-order valence-electron chi connectivity index (χ2n) is 10.4. The third-order valence-electron chi connectivity index (χ3n) is 6.26. The number of unbranched alkanes of at least 4 members (excludes halogenated alkanes) is 1. The van der Waals surface area contributed by atoms with Crippen molar-refractivity contribution in [3.8, 4) is 5.75 Å². The number of rotatable bonds is 8. The second-order valence-corrected chi connectivity index (χ2v) is 10.4. The molecule has 174 valence electrons. The fraction of sp³-hybridized carbons (Fsp3) is 0.696. The number of amides is 1. The highest BCUT2D eigenvalue weighted by molar-refractivity contribution is 6.62. The maximum Gasteiger partial charge on any atom is 0.497 e. The summed E-state index contributed by atoms with van der Waals surface area (Å²) in [5, 5.41) is 8.95. The van der Waals surface area contributed by atoms with Crippen LogP contribution in [0.1, 0.15) is 67.7 Å². The van der Waals surface area contributed by atoms with Crippen LogP contribution in [-0.4, -0.2) is 54.1 Å². The molecule has 0 aliphatic carbocycles. The lowest BCUT2D eigenvalue weighted by Gasteiger charge is -2.32. The minimum Gasteiger partial charge on any atom is -0.490 e. The minimum atomic E-state index is -0.929. The first-order valence-corrected chi connectivity index (χ1v) is 10.9. The Kier molecular flexibility index (Phi) is 7.70. The summed E-state index contributed by atoms with van der Waals surface area (Å²) in [6.07, 6.45) is 1.24. The van der Waals surface area contributed by atoms with E-state index in [2.05, 4.69) is 20.8 Å². The molecule has 0 aromatic heterocycles. The molecule has 1 fully saturated rings. The molecule has 8 heteroatoms. The number of carbonyl (C=O) groups is 1. The molecule has 0 saturated carbocycles. The van der Waals surface area contributed by atoms with Crippen LogP contribution in [0.15, 0.2) is 18.2 Å². The van der Waals surface area contributed by atoms with E-state index in [0.717, 1.165) is 19.3 Å². The molecule has 1 amide bonds. The number of halogens is 1. The molecule has 1 unspecified atom stereocenters. The van der Waals surface area contributed by atoms with Gasteiger partial charge in [0.1, 0.15) is 17.7 Å². The van der Waals surface area contributed by atoms with E-state index in [-0.39, 0.29) is 11.5 Å². The van der Waals surface area contributed by atoms with Crippen molar-refractivity contribution in [3.05, 3.63) is 24.0 Å². The zero-order valence-corrected chi connectivity index (χ0v) is 20.1. The van der Waals surface area contributed by atoms with Crippen molar-refractivity contribution >= 4 is 18.7 Å². The number of hydrogen-bond acceptors (Lipinski definition) is 4. The number of carboxylic acid groups (broad SMARTS) is 1. The first-order chi connectivity index (χ1) is 14.1. The number of nitrogens with zero attached hydrogens (tertiary/aromatic N) is 1. The van der Waals surface area contributed by atoms with Gasteiger partial charge in [0.2, 0.25) is 0 Å². The first-order valence-electron chi connectivity index (χ1n) is 10.9. The normalized spacial score (nSPS) is 18.7. The van der Waals surface area contributed by atoms with Crippen molar-refractivity contribution in [1.82, 2.24) is 4.90 Å². The van der Waals surface area contributed by atoms with Gasteiger partial charge in [0, 0.05) is 25.1 Å². The standard InChI is InChI=1S/C23H37BFNO5/c1-21(2,3)19(11-9-10-14-26(8)20(27)28)29-16-12-13-17(18(25)15-16)24-30-22(4,5)23(6,7)31-24/h12-13,15,19H,9-11,14H2,1-8H3,(H,27,28). The van der Waals surface area contributed by atoms with Gasteiger partial charge in [0.25, 0.3) is 0 Å². The van der Waals surface area contributed by atoms with Gasteiger partial charge in [-0.3, -0.25) is 0 Å². The SMILES string of the molecule is CN(CCCCC(Oc1ccc(B2OC(C)(C)C(C)(C)O2)c(F)c1)C(C)(C)C)C(=O)O. The van der Waals surface area contributed by atoms with Gasteiger partial charge >= 0.3 is 13.2 Å². The topological polar surface area (TPSA) is 68.2 Å². The summed E-state index contributed by atoms with van der Waals surface area (Å²) in [4.78, 5) is 12.2. The number of hydrogen-bond donors (Lipinski definition) is 1. The summed E-state index contributed by atoms with van der Waals surface area (Å²) in [5.41, 5.74) is -0.869. The van der Waals surface area contributed by atoms with Gasteiger partial charge in [0.15, 0.2) is 0 Å². The number of ether oxygens (including phenoxy) is 1. The lowest BCUT2D eigenvalue weighted by Crippen LogP contribution is -2.41. The molecule has 31 heavy (non-hydrogen) atoms. The lowest BCUT2D eigenvalue weighted by molar-refractivity contribution is 0.00578. The molecule has 1 heterocycles. The molecule has 0 radical (unpaired) electrons. The van der Waals surface area contributed by atoms with E-state index in [1.165, 1.54) is 11.0 Å². The first kappa shape index (κ1) is 25.5. The molecule has 1 aliphatic rings. The highest BCUT2D eigenvalue weighted by Crippen LogP contribution is 2.37. The molecule has 2 rings (SSSR count). The van der Waals surface area contributed by atoms with E-state index in [9.17, 15) is 9.18 Å². The zero-order valence-electron chi connectivity index (χ0n) is 20.1. The Morgan fingerprint density at radius 1 is 1.19 bits per heavy atom. The summed E-state index contributed by atoms with van der Waals surface area (Å²) in [7, 11) is 0.799. The molecule has 0 spiro atoms. The Balaban J connectivity index is 2.04. The van der Waals surface area contributed by atoms with Crippen LogP contribution in [0.2, 0.25) is 0 Å². The zero-order chi connectivity index (χ0) is 23.6. The monoisotopic (exact) mass is 437 g/mol. The van der Waals surface area contributed by atoms with Gasteiger partial charge in [0.05, 0.1) is 11.2 Å². The van der Waals surface area contributed by atoms with Gasteiger partial charge in [-0.05, 0) is 58.4 Å². The summed E-state index contributed by atoms with van der Waals surface area (Å²) >= 11 is 0.